The summed E-state index contributed by atoms with van der Waals surface area (Å²) in [6, 6.07) is 16.3. The fraction of sp³-hybridized carbons (Fsp3) is 0.591. The van der Waals surface area contributed by atoms with Crippen molar-refractivity contribution < 1.29 is 0 Å². The van der Waals surface area contributed by atoms with E-state index in [0.29, 0.717) is 0 Å². The number of rotatable bonds is 4. The molecule has 0 saturated carbocycles. The zero-order valence-electron chi connectivity index (χ0n) is 37.6. The molecule has 3 heterocycles. The van der Waals surface area contributed by atoms with Gasteiger partial charge in [-0.15, -0.1) is 0 Å². The third-order valence-electron chi connectivity index (χ3n) is 4.21. The van der Waals surface area contributed by atoms with Gasteiger partial charge in [-0.3, -0.25) is 4.98 Å². The van der Waals surface area contributed by atoms with Crippen LogP contribution < -0.4 is 0 Å². The minimum absolute atomic E-state index is 0.847. The third-order valence-corrected chi connectivity index (χ3v) is 4.21. The molecular weight excluding hydrogens is 613 g/mol. The molecule has 0 unspecified atom stereocenters. The second kappa shape index (κ2) is 85.3. The normalized spacial score (nSPS) is 6.92. The summed E-state index contributed by atoms with van der Waals surface area (Å²) >= 11 is 0. The van der Waals surface area contributed by atoms with Crippen LogP contribution in [0.1, 0.15) is 175 Å². The Bertz CT molecular complexity index is 750. The van der Waals surface area contributed by atoms with Crippen LogP contribution in [0, 0.1) is 0 Å². The second-order valence-electron chi connectivity index (χ2n) is 6.47. The smallest absolute Gasteiger partial charge is 0.131 e. The molecule has 0 amide bonds. The van der Waals surface area contributed by atoms with Crippen molar-refractivity contribution in [2.45, 2.75) is 178 Å². The van der Waals surface area contributed by atoms with E-state index in [-0.39, 0.29) is 0 Å². The van der Waals surface area contributed by atoms with Gasteiger partial charge in [0.2, 0.25) is 0 Å². The fourth-order valence-electron chi connectivity index (χ4n) is 2.29. The van der Waals surface area contributed by atoms with Crippen molar-refractivity contribution in [1.29, 1.82) is 0 Å². The summed E-state index contributed by atoms with van der Waals surface area (Å²) in [5.74, 6) is 1.76. The predicted molar refractivity (Wildman–Crippen MR) is 232 cm³/mol. The number of aromatic nitrogens is 6. The number of hydrogen-bond acceptors (Lipinski definition) is 6. The van der Waals surface area contributed by atoms with E-state index < -0.39 is 0 Å². The van der Waals surface area contributed by atoms with Gasteiger partial charge in [0, 0.05) is 37.6 Å². The summed E-state index contributed by atoms with van der Waals surface area (Å²) < 4.78 is 0. The van der Waals surface area contributed by atoms with Gasteiger partial charge in [0.15, 0.2) is 0 Å². The molecule has 3 aromatic heterocycles. The van der Waals surface area contributed by atoms with Gasteiger partial charge >= 0.3 is 0 Å². The topological polar surface area (TPSA) is 77.3 Å². The Kier molecular flexibility index (Phi) is 117. The maximum Gasteiger partial charge on any atom is 0.131 e. The molecule has 0 N–H and O–H groups in total. The summed E-state index contributed by atoms with van der Waals surface area (Å²) in [7, 11) is 0. The SMILES string of the molecule is CC.CC.CC.CC.CC.CC.CC.CC.CC.CCc1ccccc1.CCc1ccncc1.CCc1ncccn1.CCc1ncncn1. The monoisotopic (exact) mass is 701 g/mol. The lowest BCUT2D eigenvalue weighted by atomic mass is 10.2. The average Bonchev–Trinajstić information content (AvgIpc) is 3.29. The third kappa shape index (κ3) is 63.2. The molecule has 0 saturated heterocycles. The maximum atomic E-state index is 3.99. The Hall–Kier alpha value is -3.54. The molecule has 0 aliphatic carbocycles. The number of nitrogens with zero attached hydrogens (tertiary/aromatic N) is 6. The standard InChI is InChI=1S/C8H10.C7H9N.C6H8N2.C5H7N3.9C2H6/c1-2-8-6-4-3-5-7-8;1-2-7-3-5-8-6-4-7;1-2-6-7-4-3-5-8-6;1-2-5-7-3-6-4-8-5;9*1-2/h3-7H,2H2,1H3;3-6H,2H2,1H3;3-5H,2H2,1H3;3-4H,2H2,1H3;9*1-2H3. The first-order chi connectivity index (χ1) is 24.7. The first kappa shape index (κ1) is 68.4. The van der Waals surface area contributed by atoms with Gasteiger partial charge < -0.3 is 0 Å². The molecule has 1 aromatic carbocycles. The van der Waals surface area contributed by atoms with Gasteiger partial charge in [-0.1, -0.05) is 183 Å². The molecule has 0 radical (unpaired) electrons. The van der Waals surface area contributed by atoms with Gasteiger partial charge in [-0.2, -0.15) is 0 Å². The minimum atomic E-state index is 0.847. The van der Waals surface area contributed by atoms with Crippen LogP contribution in [-0.2, 0) is 25.7 Å². The van der Waals surface area contributed by atoms with E-state index in [1.807, 2.05) is 175 Å². The van der Waals surface area contributed by atoms with Crippen LogP contribution in [-0.4, -0.2) is 29.9 Å². The minimum Gasteiger partial charge on any atom is -0.265 e. The lowest BCUT2D eigenvalue weighted by Crippen LogP contribution is -1.90. The molecule has 0 spiro atoms. The Morgan fingerprint density at radius 1 is 0.320 bits per heavy atom. The molecular formula is C44H88N6. The van der Waals surface area contributed by atoms with Crippen molar-refractivity contribution in [3.05, 3.63) is 109 Å². The molecule has 6 nitrogen and oxygen atoms in total. The van der Waals surface area contributed by atoms with Crippen molar-refractivity contribution in [3.8, 4) is 0 Å². The van der Waals surface area contributed by atoms with Crippen molar-refractivity contribution in [2.75, 3.05) is 0 Å². The molecule has 50 heavy (non-hydrogen) atoms. The fourth-order valence-corrected chi connectivity index (χ4v) is 2.29. The van der Waals surface area contributed by atoms with Crippen LogP contribution in [0.5, 0.6) is 0 Å². The molecule has 0 aliphatic heterocycles. The molecule has 6 heteroatoms. The Balaban J connectivity index is -0.0000000556. The van der Waals surface area contributed by atoms with Gasteiger partial charge in [0.05, 0.1) is 0 Å². The van der Waals surface area contributed by atoms with Gasteiger partial charge in [-0.25, -0.2) is 24.9 Å². The highest BCUT2D eigenvalue weighted by atomic mass is 15.0. The zero-order chi connectivity index (χ0) is 41.3. The van der Waals surface area contributed by atoms with Crippen molar-refractivity contribution in [3.63, 3.8) is 0 Å². The lowest BCUT2D eigenvalue weighted by Gasteiger charge is -1.89. The molecule has 0 fully saturated rings. The predicted octanol–water partition coefficient (Wildman–Crippen LogP) is 14.6. The molecule has 0 atom stereocenters. The van der Waals surface area contributed by atoms with Crippen LogP contribution in [0.3, 0.4) is 0 Å². The van der Waals surface area contributed by atoms with E-state index >= 15 is 0 Å². The highest BCUT2D eigenvalue weighted by Crippen LogP contribution is 1.97. The summed E-state index contributed by atoms with van der Waals surface area (Å²) in [6.45, 7) is 44.3. The summed E-state index contributed by atoms with van der Waals surface area (Å²) in [5, 5.41) is 0. The van der Waals surface area contributed by atoms with E-state index in [1.54, 1.807) is 12.4 Å². The van der Waals surface area contributed by atoms with Crippen LogP contribution in [0.4, 0.5) is 0 Å². The molecule has 4 aromatic rings. The van der Waals surface area contributed by atoms with Crippen LogP contribution in [0.2, 0.25) is 0 Å². The highest BCUT2D eigenvalue weighted by molar-refractivity contribution is 5.13. The lowest BCUT2D eigenvalue weighted by molar-refractivity contribution is 0.896. The Labute approximate surface area is 315 Å². The quantitative estimate of drug-likeness (QED) is 0.211. The Morgan fingerprint density at radius 2 is 0.640 bits per heavy atom. The number of pyridine rings is 1. The van der Waals surface area contributed by atoms with Crippen LogP contribution in [0.25, 0.3) is 0 Å². The summed E-state index contributed by atoms with van der Waals surface area (Å²) in [4.78, 5) is 23.3. The first-order valence-electron chi connectivity index (χ1n) is 20.0. The van der Waals surface area contributed by atoms with Crippen LogP contribution >= 0.6 is 0 Å². The van der Waals surface area contributed by atoms with Crippen molar-refractivity contribution >= 4 is 0 Å². The van der Waals surface area contributed by atoms with E-state index in [0.717, 1.165) is 37.3 Å². The van der Waals surface area contributed by atoms with E-state index in [2.05, 4.69) is 68.0 Å². The molecule has 0 bridgehead atoms. The Morgan fingerprint density at radius 3 is 0.880 bits per heavy atom. The van der Waals surface area contributed by atoms with E-state index in [4.69, 9.17) is 0 Å². The average molecular weight is 701 g/mol. The molecule has 0 aliphatic rings. The van der Waals surface area contributed by atoms with Gasteiger partial charge in [0.25, 0.3) is 0 Å². The summed E-state index contributed by atoms with van der Waals surface area (Å²) in [5.41, 5.74) is 2.76. The molecule has 294 valence electrons. The second-order valence-corrected chi connectivity index (χ2v) is 6.47. The van der Waals surface area contributed by atoms with E-state index in [1.165, 1.54) is 23.8 Å². The maximum absolute atomic E-state index is 3.99. The first-order valence-corrected chi connectivity index (χ1v) is 20.0. The zero-order valence-corrected chi connectivity index (χ0v) is 37.6. The van der Waals surface area contributed by atoms with Gasteiger partial charge in [0.1, 0.15) is 24.3 Å². The number of aryl methyl sites for hydroxylation is 4. The van der Waals surface area contributed by atoms with Crippen molar-refractivity contribution in [1.82, 2.24) is 29.9 Å². The number of benzene rings is 1. The van der Waals surface area contributed by atoms with Crippen LogP contribution in [0.15, 0.2) is 86.0 Å². The largest absolute Gasteiger partial charge is 0.265 e. The highest BCUT2D eigenvalue weighted by Gasteiger charge is 1.85. The molecule has 4 rings (SSSR count). The van der Waals surface area contributed by atoms with E-state index in [9.17, 15) is 0 Å². The summed E-state index contributed by atoms with van der Waals surface area (Å²) in [6.07, 6.45) is 14.2. The number of hydrogen-bond donors (Lipinski definition) is 0. The van der Waals surface area contributed by atoms with Crippen molar-refractivity contribution in [2.24, 2.45) is 0 Å². The van der Waals surface area contributed by atoms with Gasteiger partial charge in [-0.05, 0) is 42.2 Å².